The Morgan fingerprint density at radius 2 is 1.71 bits per heavy atom. The van der Waals surface area contributed by atoms with Gasteiger partial charge >= 0.3 is 0 Å². The first-order valence-corrected chi connectivity index (χ1v) is 13.1. The van der Waals surface area contributed by atoms with Crippen LogP contribution in [-0.4, -0.2) is 24.3 Å². The fourth-order valence-corrected chi connectivity index (χ4v) is 5.93. The number of benzene rings is 2. The van der Waals surface area contributed by atoms with E-state index in [4.69, 9.17) is 15.5 Å². The number of anilines is 2. The zero-order valence-corrected chi connectivity index (χ0v) is 19.8. The van der Waals surface area contributed by atoms with E-state index in [1.165, 1.54) is 10.5 Å². The van der Waals surface area contributed by atoms with Crippen LogP contribution in [0.4, 0.5) is 11.4 Å². The first kappa shape index (κ1) is 21.8. The van der Waals surface area contributed by atoms with Crippen LogP contribution in [-0.2, 0) is 15.6 Å². The molecule has 8 heteroatoms. The first-order valence-electron chi connectivity index (χ1n) is 11.5. The highest BCUT2D eigenvalue weighted by molar-refractivity contribution is 7.93. The molecule has 0 atom stereocenters. The smallest absolute Gasteiger partial charge is 0.275 e. The lowest BCUT2D eigenvalue weighted by atomic mass is 9.72. The predicted octanol–water partition coefficient (Wildman–Crippen LogP) is 4.97. The van der Waals surface area contributed by atoms with Crippen molar-refractivity contribution >= 4 is 21.4 Å². The molecule has 1 aliphatic heterocycles. The van der Waals surface area contributed by atoms with Gasteiger partial charge in [-0.2, -0.15) is 0 Å². The summed E-state index contributed by atoms with van der Waals surface area (Å²) in [4.78, 5) is 8.95. The van der Waals surface area contributed by atoms with Gasteiger partial charge in [0.1, 0.15) is 5.69 Å². The summed E-state index contributed by atoms with van der Waals surface area (Å²) in [6, 6.07) is 23.2. The molecule has 2 aromatic heterocycles. The van der Waals surface area contributed by atoms with Crippen LogP contribution in [0.5, 0.6) is 5.88 Å². The van der Waals surface area contributed by atoms with Crippen molar-refractivity contribution < 1.29 is 13.2 Å². The Balaban J connectivity index is 1.53. The molecule has 2 N–H and O–H groups in total. The maximum Gasteiger partial charge on any atom is 0.275 e. The van der Waals surface area contributed by atoms with Gasteiger partial charge in [0.2, 0.25) is 11.8 Å². The Hall–Kier alpha value is -3.75. The lowest BCUT2D eigenvalue weighted by Gasteiger charge is -2.38. The number of aromatic nitrogens is 2. The van der Waals surface area contributed by atoms with Gasteiger partial charge in [0.05, 0.1) is 17.6 Å². The molecule has 1 aliphatic carbocycles. The van der Waals surface area contributed by atoms with Crippen molar-refractivity contribution in [2.45, 2.75) is 24.8 Å². The maximum absolute atomic E-state index is 13.0. The van der Waals surface area contributed by atoms with Crippen LogP contribution in [0.25, 0.3) is 22.4 Å². The van der Waals surface area contributed by atoms with Crippen molar-refractivity contribution in [2.75, 3.05) is 10.2 Å². The Labute approximate surface area is 204 Å². The normalized spacial score (nSPS) is 17.7. The average Bonchev–Trinajstić information content (AvgIpc) is 2.87. The third kappa shape index (κ3) is 3.75. The SMILES string of the molecule is NC1(c2ccc(-c3nc4c(cc3-c3ccccc3)N(c3cccnc3)S(=O)(=O)CO4)cc2)CCC1. The Kier molecular flexibility index (Phi) is 5.09. The van der Waals surface area contributed by atoms with E-state index in [0.717, 1.165) is 41.5 Å². The molecule has 4 aromatic rings. The molecule has 35 heavy (non-hydrogen) atoms. The monoisotopic (exact) mass is 484 g/mol. The minimum Gasteiger partial charge on any atom is -0.458 e. The molecular formula is C27H24N4O3S. The molecule has 0 radical (unpaired) electrons. The molecule has 176 valence electrons. The van der Waals surface area contributed by atoms with Crippen molar-refractivity contribution in [3.63, 3.8) is 0 Å². The van der Waals surface area contributed by atoms with Gasteiger partial charge in [0.15, 0.2) is 0 Å². The third-order valence-electron chi connectivity index (χ3n) is 6.75. The van der Waals surface area contributed by atoms with Crippen LogP contribution >= 0.6 is 0 Å². The van der Waals surface area contributed by atoms with Gasteiger partial charge in [-0.25, -0.2) is 17.7 Å². The van der Waals surface area contributed by atoms with Gasteiger partial charge in [0.25, 0.3) is 10.0 Å². The molecule has 0 bridgehead atoms. The molecule has 0 spiro atoms. The highest BCUT2D eigenvalue weighted by Gasteiger charge is 2.36. The number of hydrogen-bond acceptors (Lipinski definition) is 6. The lowest BCUT2D eigenvalue weighted by molar-refractivity contribution is 0.253. The van der Waals surface area contributed by atoms with Crippen molar-refractivity contribution in [1.82, 2.24) is 9.97 Å². The molecule has 1 fully saturated rings. The van der Waals surface area contributed by atoms with Gasteiger partial charge in [0, 0.05) is 22.9 Å². The summed E-state index contributed by atoms with van der Waals surface area (Å²) >= 11 is 0. The van der Waals surface area contributed by atoms with Gasteiger partial charge < -0.3 is 10.5 Å². The fraction of sp³-hybridized carbons (Fsp3) is 0.185. The number of nitrogens with two attached hydrogens (primary N) is 1. The molecule has 1 saturated carbocycles. The summed E-state index contributed by atoms with van der Waals surface area (Å²) in [6.45, 7) is 0. The molecule has 2 aliphatic rings. The second-order valence-electron chi connectivity index (χ2n) is 9.01. The predicted molar refractivity (Wildman–Crippen MR) is 136 cm³/mol. The van der Waals surface area contributed by atoms with E-state index in [0.29, 0.717) is 17.1 Å². The van der Waals surface area contributed by atoms with Crippen LogP contribution in [0.2, 0.25) is 0 Å². The van der Waals surface area contributed by atoms with Gasteiger partial charge in [-0.3, -0.25) is 4.98 Å². The molecule has 0 unspecified atom stereocenters. The zero-order valence-electron chi connectivity index (χ0n) is 19.0. The molecule has 2 aromatic carbocycles. The highest BCUT2D eigenvalue weighted by atomic mass is 32.2. The maximum atomic E-state index is 13.0. The van der Waals surface area contributed by atoms with E-state index in [1.807, 2.05) is 48.5 Å². The summed E-state index contributed by atoms with van der Waals surface area (Å²) in [6.07, 6.45) is 6.25. The van der Waals surface area contributed by atoms with Crippen LogP contribution < -0.4 is 14.8 Å². The largest absolute Gasteiger partial charge is 0.458 e. The summed E-state index contributed by atoms with van der Waals surface area (Å²) in [5, 5.41) is 0. The van der Waals surface area contributed by atoms with Crippen molar-refractivity contribution in [1.29, 1.82) is 0 Å². The van der Waals surface area contributed by atoms with Crippen LogP contribution in [0.15, 0.2) is 85.2 Å². The molecule has 0 saturated heterocycles. The first-order chi connectivity index (χ1) is 16.9. The van der Waals surface area contributed by atoms with Gasteiger partial charge in [-0.1, -0.05) is 54.6 Å². The molecule has 3 heterocycles. The van der Waals surface area contributed by atoms with E-state index >= 15 is 0 Å². The van der Waals surface area contributed by atoms with Gasteiger partial charge in [-0.05, 0) is 48.6 Å². The van der Waals surface area contributed by atoms with Crippen LogP contribution in [0.3, 0.4) is 0 Å². The molecule has 0 amide bonds. The lowest BCUT2D eigenvalue weighted by Crippen LogP contribution is -2.43. The number of nitrogens with zero attached hydrogens (tertiary/aromatic N) is 3. The van der Waals surface area contributed by atoms with Gasteiger partial charge in [-0.15, -0.1) is 0 Å². The fourth-order valence-electron chi connectivity index (χ4n) is 4.71. The second-order valence-corrected chi connectivity index (χ2v) is 10.8. The van der Waals surface area contributed by atoms with Crippen LogP contribution in [0.1, 0.15) is 24.8 Å². The molecule has 6 rings (SSSR count). The number of ether oxygens (including phenoxy) is 1. The molecule has 7 nitrogen and oxygen atoms in total. The zero-order chi connectivity index (χ0) is 24.0. The van der Waals surface area contributed by atoms with E-state index in [2.05, 4.69) is 17.1 Å². The number of pyridine rings is 2. The van der Waals surface area contributed by atoms with E-state index in [9.17, 15) is 8.42 Å². The highest BCUT2D eigenvalue weighted by Crippen LogP contribution is 2.45. The minimum absolute atomic E-state index is 0.244. The number of sulfonamides is 1. The van der Waals surface area contributed by atoms with Crippen molar-refractivity contribution in [3.8, 4) is 28.3 Å². The summed E-state index contributed by atoms with van der Waals surface area (Å²) in [7, 11) is -3.77. The standard InChI is InChI=1S/C27H24N4O3S/c28-27(13-5-14-27)21-11-9-20(10-12-21)25-23(19-6-2-1-3-7-19)16-24-26(30-25)34-18-35(32,33)31(24)22-8-4-15-29-17-22/h1-4,6-12,15-17H,5,13-14,18,28H2. The van der Waals surface area contributed by atoms with Crippen molar-refractivity contribution in [3.05, 3.63) is 90.8 Å². The summed E-state index contributed by atoms with van der Waals surface area (Å²) < 4.78 is 33.0. The van der Waals surface area contributed by atoms with Crippen molar-refractivity contribution in [2.24, 2.45) is 5.73 Å². The third-order valence-corrected chi connectivity index (χ3v) is 8.13. The number of fused-ring (bicyclic) bond motifs is 1. The van der Waals surface area contributed by atoms with Crippen LogP contribution in [0, 0.1) is 0 Å². The van der Waals surface area contributed by atoms with E-state index in [1.54, 1.807) is 18.3 Å². The van der Waals surface area contributed by atoms with E-state index < -0.39 is 16.0 Å². The number of hydrogen-bond donors (Lipinski definition) is 1. The Morgan fingerprint density at radius 1 is 0.943 bits per heavy atom. The Bertz CT molecular complexity index is 1490. The quantitative estimate of drug-likeness (QED) is 0.439. The van der Waals surface area contributed by atoms with E-state index in [-0.39, 0.29) is 11.4 Å². The molecular weight excluding hydrogens is 460 g/mol. The topological polar surface area (TPSA) is 98.4 Å². The summed E-state index contributed by atoms with van der Waals surface area (Å²) in [5.74, 6) is -0.239. The average molecular weight is 485 g/mol. The number of rotatable bonds is 4. The Morgan fingerprint density at radius 3 is 2.37 bits per heavy atom. The minimum atomic E-state index is -3.77. The summed E-state index contributed by atoms with van der Waals surface area (Å²) in [5.41, 5.74) is 11.5. The second kappa shape index (κ2) is 8.18.